The molecular weight excluding hydrogens is 268 g/mol. The summed E-state index contributed by atoms with van der Waals surface area (Å²) in [6.07, 6.45) is 4.07. The fourth-order valence-electron chi connectivity index (χ4n) is 3.17. The third kappa shape index (κ3) is 3.74. The Labute approximate surface area is 126 Å². The molecule has 6 heteroatoms. The van der Waals surface area contributed by atoms with Gasteiger partial charge in [-0.2, -0.15) is 0 Å². The van der Waals surface area contributed by atoms with Gasteiger partial charge in [0.2, 0.25) is 11.8 Å². The van der Waals surface area contributed by atoms with Crippen LogP contribution in [0.5, 0.6) is 0 Å². The highest BCUT2D eigenvalue weighted by Crippen LogP contribution is 2.31. The fourth-order valence-corrected chi connectivity index (χ4v) is 3.17. The van der Waals surface area contributed by atoms with Crippen molar-refractivity contribution < 1.29 is 9.59 Å². The largest absolute Gasteiger partial charge is 0.339 e. The number of hydrogen-bond acceptors (Lipinski definition) is 4. The molecule has 0 radical (unpaired) electrons. The van der Waals surface area contributed by atoms with Crippen LogP contribution < -0.4 is 5.73 Å². The Morgan fingerprint density at radius 3 is 2.00 bits per heavy atom. The van der Waals surface area contributed by atoms with Crippen molar-refractivity contribution in [3.05, 3.63) is 0 Å². The van der Waals surface area contributed by atoms with E-state index < -0.39 is 0 Å². The Balaban J connectivity index is 1.41. The van der Waals surface area contributed by atoms with E-state index in [2.05, 4.69) is 4.90 Å². The summed E-state index contributed by atoms with van der Waals surface area (Å²) in [5, 5.41) is 0. The van der Waals surface area contributed by atoms with Crippen molar-refractivity contribution in [1.29, 1.82) is 0 Å². The van der Waals surface area contributed by atoms with Gasteiger partial charge in [0.15, 0.2) is 0 Å². The van der Waals surface area contributed by atoms with Crippen LogP contribution in [0, 0.1) is 5.92 Å². The van der Waals surface area contributed by atoms with E-state index in [1.54, 1.807) is 0 Å². The van der Waals surface area contributed by atoms with Gasteiger partial charge >= 0.3 is 0 Å². The second-order valence-corrected chi connectivity index (χ2v) is 6.59. The molecule has 118 valence electrons. The average molecular weight is 294 g/mol. The first-order valence-corrected chi connectivity index (χ1v) is 8.18. The van der Waals surface area contributed by atoms with Gasteiger partial charge < -0.3 is 15.5 Å². The SMILES string of the molecule is NC1CCN(CC(=O)N2CCN(C(=O)C3CC3)CC2)CC1. The number of nitrogens with zero attached hydrogens (tertiary/aromatic N) is 3. The fraction of sp³-hybridized carbons (Fsp3) is 0.867. The molecular formula is C15H26N4O2. The molecule has 1 saturated carbocycles. The number of rotatable bonds is 3. The van der Waals surface area contributed by atoms with Gasteiger partial charge in [-0.05, 0) is 25.7 Å². The van der Waals surface area contributed by atoms with Gasteiger partial charge in [-0.3, -0.25) is 14.5 Å². The lowest BCUT2D eigenvalue weighted by Crippen LogP contribution is -2.53. The second-order valence-electron chi connectivity index (χ2n) is 6.59. The highest BCUT2D eigenvalue weighted by atomic mass is 16.2. The molecule has 1 aliphatic carbocycles. The molecule has 3 rings (SSSR count). The average Bonchev–Trinajstić information content (AvgIpc) is 3.34. The summed E-state index contributed by atoms with van der Waals surface area (Å²) in [5.74, 6) is 0.779. The number of hydrogen-bond donors (Lipinski definition) is 1. The summed E-state index contributed by atoms with van der Waals surface area (Å²) >= 11 is 0. The highest BCUT2D eigenvalue weighted by Gasteiger charge is 2.35. The van der Waals surface area contributed by atoms with Gasteiger partial charge in [-0.25, -0.2) is 0 Å². The van der Waals surface area contributed by atoms with Crippen LogP contribution in [0.25, 0.3) is 0 Å². The molecule has 3 fully saturated rings. The number of likely N-dealkylation sites (tertiary alicyclic amines) is 1. The smallest absolute Gasteiger partial charge is 0.236 e. The van der Waals surface area contributed by atoms with Crippen molar-refractivity contribution in [3.63, 3.8) is 0 Å². The third-order valence-corrected chi connectivity index (χ3v) is 4.86. The number of amides is 2. The molecule has 0 aromatic rings. The van der Waals surface area contributed by atoms with Crippen LogP contribution in [0.2, 0.25) is 0 Å². The first-order valence-electron chi connectivity index (χ1n) is 8.18. The minimum Gasteiger partial charge on any atom is -0.339 e. The normalized spacial score (nSPS) is 25.2. The van der Waals surface area contributed by atoms with Gasteiger partial charge in [-0.1, -0.05) is 0 Å². The lowest BCUT2D eigenvalue weighted by Gasteiger charge is -2.37. The lowest BCUT2D eigenvalue weighted by atomic mass is 10.1. The van der Waals surface area contributed by atoms with Crippen LogP contribution in [0.4, 0.5) is 0 Å². The van der Waals surface area contributed by atoms with Crippen molar-refractivity contribution in [1.82, 2.24) is 14.7 Å². The van der Waals surface area contributed by atoms with Crippen molar-refractivity contribution in [2.45, 2.75) is 31.7 Å². The Kier molecular flexibility index (Phi) is 4.45. The van der Waals surface area contributed by atoms with E-state index in [4.69, 9.17) is 5.73 Å². The number of carbonyl (C=O) groups is 2. The Morgan fingerprint density at radius 1 is 0.857 bits per heavy atom. The molecule has 0 aromatic carbocycles. The van der Waals surface area contributed by atoms with E-state index in [1.807, 2.05) is 9.80 Å². The van der Waals surface area contributed by atoms with Crippen molar-refractivity contribution >= 4 is 11.8 Å². The van der Waals surface area contributed by atoms with Gasteiger partial charge in [0, 0.05) is 51.2 Å². The first-order chi connectivity index (χ1) is 10.1. The predicted octanol–water partition coefficient (Wildman–Crippen LogP) is -0.510. The van der Waals surface area contributed by atoms with Crippen molar-refractivity contribution in [2.75, 3.05) is 45.8 Å². The van der Waals surface area contributed by atoms with Gasteiger partial charge in [0.05, 0.1) is 6.54 Å². The summed E-state index contributed by atoms with van der Waals surface area (Å²) in [7, 11) is 0. The summed E-state index contributed by atoms with van der Waals surface area (Å²) in [4.78, 5) is 30.3. The lowest BCUT2D eigenvalue weighted by molar-refractivity contribution is -0.141. The number of piperazine rings is 1. The topological polar surface area (TPSA) is 69.9 Å². The van der Waals surface area contributed by atoms with E-state index in [1.165, 1.54) is 0 Å². The van der Waals surface area contributed by atoms with Crippen LogP contribution in [0.1, 0.15) is 25.7 Å². The zero-order chi connectivity index (χ0) is 14.8. The maximum absolute atomic E-state index is 12.3. The molecule has 2 saturated heterocycles. The molecule has 0 atom stereocenters. The van der Waals surface area contributed by atoms with Gasteiger partial charge in [0.1, 0.15) is 0 Å². The van der Waals surface area contributed by atoms with E-state index in [-0.39, 0.29) is 11.8 Å². The highest BCUT2D eigenvalue weighted by molar-refractivity contribution is 5.82. The van der Waals surface area contributed by atoms with E-state index in [0.29, 0.717) is 44.7 Å². The van der Waals surface area contributed by atoms with Crippen molar-refractivity contribution in [2.24, 2.45) is 11.7 Å². The Bertz CT molecular complexity index is 394. The first kappa shape index (κ1) is 14.8. The van der Waals surface area contributed by atoms with E-state index in [0.717, 1.165) is 38.8 Å². The zero-order valence-electron chi connectivity index (χ0n) is 12.7. The zero-order valence-corrected chi connectivity index (χ0v) is 12.7. The molecule has 3 aliphatic rings. The van der Waals surface area contributed by atoms with Crippen LogP contribution in [-0.2, 0) is 9.59 Å². The molecule has 0 bridgehead atoms. The van der Waals surface area contributed by atoms with Crippen molar-refractivity contribution in [3.8, 4) is 0 Å². The standard InChI is InChI=1S/C15H26N4O2/c16-13-3-5-17(6-4-13)11-14(20)18-7-9-19(10-8-18)15(21)12-1-2-12/h12-13H,1-11,16H2. The van der Waals surface area contributed by atoms with Crippen LogP contribution >= 0.6 is 0 Å². The molecule has 2 amide bonds. The van der Waals surface area contributed by atoms with Gasteiger partial charge in [-0.15, -0.1) is 0 Å². The molecule has 0 spiro atoms. The monoisotopic (exact) mass is 294 g/mol. The molecule has 0 unspecified atom stereocenters. The Hall–Kier alpha value is -1.14. The van der Waals surface area contributed by atoms with E-state index >= 15 is 0 Å². The number of nitrogens with two attached hydrogens (primary N) is 1. The summed E-state index contributed by atoms with van der Waals surface area (Å²) in [6.45, 7) is 5.12. The summed E-state index contributed by atoms with van der Waals surface area (Å²) < 4.78 is 0. The molecule has 2 heterocycles. The van der Waals surface area contributed by atoms with Crippen LogP contribution in [0.15, 0.2) is 0 Å². The van der Waals surface area contributed by atoms with E-state index in [9.17, 15) is 9.59 Å². The number of carbonyl (C=O) groups excluding carboxylic acids is 2. The molecule has 2 aliphatic heterocycles. The van der Waals surface area contributed by atoms with Crippen LogP contribution in [-0.4, -0.2) is 78.4 Å². The predicted molar refractivity (Wildman–Crippen MR) is 79.5 cm³/mol. The van der Waals surface area contributed by atoms with Crippen LogP contribution in [0.3, 0.4) is 0 Å². The summed E-state index contributed by atoms with van der Waals surface area (Å²) in [6, 6.07) is 0.299. The minimum absolute atomic E-state index is 0.198. The number of piperidine rings is 1. The Morgan fingerprint density at radius 2 is 1.43 bits per heavy atom. The molecule has 6 nitrogen and oxygen atoms in total. The third-order valence-electron chi connectivity index (χ3n) is 4.86. The quantitative estimate of drug-likeness (QED) is 0.761. The minimum atomic E-state index is 0.198. The maximum Gasteiger partial charge on any atom is 0.236 e. The molecule has 0 aromatic heterocycles. The summed E-state index contributed by atoms with van der Waals surface area (Å²) in [5.41, 5.74) is 5.88. The van der Waals surface area contributed by atoms with Gasteiger partial charge in [0.25, 0.3) is 0 Å². The molecule has 21 heavy (non-hydrogen) atoms. The molecule has 2 N–H and O–H groups in total. The second kappa shape index (κ2) is 6.32. The maximum atomic E-state index is 12.3.